The van der Waals surface area contributed by atoms with Gasteiger partial charge in [-0.15, -0.1) is 0 Å². The second-order valence-electron chi connectivity index (χ2n) is 8.99. The standard InChI is InChI=1S/C26H34N2O3/c29-25(28-18-14-26(30,15-19-28)24-9-5-2-6-10-24)31-20-13-22-11-16-27(17-12-22)21-23-7-3-1-4-8-23/h1-10,22,30H,11-21H2. The zero-order valence-electron chi connectivity index (χ0n) is 18.3. The van der Waals surface area contributed by atoms with Crippen LogP contribution >= 0.6 is 0 Å². The summed E-state index contributed by atoms with van der Waals surface area (Å²) in [7, 11) is 0. The highest BCUT2D eigenvalue weighted by Gasteiger charge is 2.35. The molecule has 2 fully saturated rings. The maximum atomic E-state index is 12.5. The molecule has 0 radical (unpaired) electrons. The van der Waals surface area contributed by atoms with Gasteiger partial charge < -0.3 is 14.7 Å². The Morgan fingerprint density at radius 2 is 1.55 bits per heavy atom. The molecule has 4 rings (SSSR count). The molecule has 1 N–H and O–H groups in total. The van der Waals surface area contributed by atoms with Crippen LogP contribution in [0.3, 0.4) is 0 Å². The smallest absolute Gasteiger partial charge is 0.409 e. The first-order chi connectivity index (χ1) is 15.1. The zero-order valence-corrected chi connectivity index (χ0v) is 18.3. The lowest BCUT2D eigenvalue weighted by molar-refractivity contribution is -0.0253. The molecule has 2 saturated heterocycles. The van der Waals surface area contributed by atoms with Crippen molar-refractivity contribution in [2.45, 2.75) is 44.2 Å². The van der Waals surface area contributed by atoms with Crippen LogP contribution in [0.2, 0.25) is 0 Å². The highest BCUT2D eigenvalue weighted by molar-refractivity contribution is 5.67. The van der Waals surface area contributed by atoms with Gasteiger partial charge in [0.15, 0.2) is 0 Å². The molecule has 0 aliphatic carbocycles. The predicted molar refractivity (Wildman–Crippen MR) is 122 cm³/mol. The lowest BCUT2D eigenvalue weighted by Crippen LogP contribution is -2.45. The quantitative estimate of drug-likeness (QED) is 0.749. The average molecular weight is 423 g/mol. The van der Waals surface area contributed by atoms with Crippen LogP contribution in [0.15, 0.2) is 60.7 Å². The summed E-state index contributed by atoms with van der Waals surface area (Å²) in [6, 6.07) is 20.4. The molecule has 0 bridgehead atoms. The number of likely N-dealkylation sites (tertiary alicyclic amines) is 2. The number of carbonyl (C=O) groups excluding carboxylic acids is 1. The molecule has 2 heterocycles. The Labute approximate surface area is 185 Å². The van der Waals surface area contributed by atoms with Crippen LogP contribution in [0.5, 0.6) is 0 Å². The fourth-order valence-electron chi connectivity index (χ4n) is 4.78. The Kier molecular flexibility index (Phi) is 7.25. The van der Waals surface area contributed by atoms with E-state index < -0.39 is 5.60 Å². The molecule has 0 spiro atoms. The van der Waals surface area contributed by atoms with Gasteiger partial charge in [-0.05, 0) is 62.2 Å². The second kappa shape index (κ2) is 10.3. The minimum atomic E-state index is -0.842. The van der Waals surface area contributed by atoms with Crippen molar-refractivity contribution in [2.75, 3.05) is 32.8 Å². The first-order valence-electron chi connectivity index (χ1n) is 11.6. The van der Waals surface area contributed by atoms with Gasteiger partial charge in [0, 0.05) is 19.6 Å². The molecular weight excluding hydrogens is 388 g/mol. The monoisotopic (exact) mass is 422 g/mol. The second-order valence-corrected chi connectivity index (χ2v) is 8.99. The Balaban J connectivity index is 1.13. The van der Waals surface area contributed by atoms with Crippen LogP contribution in [0.1, 0.15) is 43.2 Å². The van der Waals surface area contributed by atoms with Crippen molar-refractivity contribution in [1.29, 1.82) is 0 Å². The Morgan fingerprint density at radius 3 is 2.19 bits per heavy atom. The summed E-state index contributed by atoms with van der Waals surface area (Å²) in [4.78, 5) is 16.7. The molecule has 0 aromatic heterocycles. The summed E-state index contributed by atoms with van der Waals surface area (Å²) >= 11 is 0. The number of amides is 1. The van der Waals surface area contributed by atoms with Crippen LogP contribution in [0.25, 0.3) is 0 Å². The Bertz CT molecular complexity index is 811. The van der Waals surface area contributed by atoms with Gasteiger partial charge >= 0.3 is 6.09 Å². The third kappa shape index (κ3) is 5.86. The van der Waals surface area contributed by atoms with Gasteiger partial charge in [0.25, 0.3) is 0 Å². The SMILES string of the molecule is O=C(OCCC1CCN(Cc2ccccc2)CC1)N1CCC(O)(c2ccccc2)CC1. The van der Waals surface area contributed by atoms with E-state index in [9.17, 15) is 9.90 Å². The van der Waals surface area contributed by atoms with E-state index >= 15 is 0 Å². The molecule has 0 unspecified atom stereocenters. The normalized spacial score (nSPS) is 19.8. The third-order valence-electron chi connectivity index (χ3n) is 6.87. The maximum absolute atomic E-state index is 12.5. The molecule has 1 amide bonds. The molecule has 5 heteroatoms. The Hall–Kier alpha value is -2.37. The number of piperidine rings is 2. The molecule has 2 aliphatic rings. The summed E-state index contributed by atoms with van der Waals surface area (Å²) in [6.45, 7) is 4.79. The number of carbonyl (C=O) groups is 1. The van der Waals surface area contributed by atoms with Crippen LogP contribution in [0, 0.1) is 5.92 Å². The average Bonchev–Trinajstić information content (AvgIpc) is 2.82. The molecule has 31 heavy (non-hydrogen) atoms. The van der Waals surface area contributed by atoms with Gasteiger partial charge in [0.2, 0.25) is 0 Å². The molecule has 2 aromatic rings. The van der Waals surface area contributed by atoms with Crippen molar-refractivity contribution < 1.29 is 14.6 Å². The molecule has 0 saturated carbocycles. The van der Waals surface area contributed by atoms with E-state index in [1.165, 1.54) is 5.56 Å². The van der Waals surface area contributed by atoms with Crippen molar-refractivity contribution in [2.24, 2.45) is 5.92 Å². The number of aliphatic hydroxyl groups is 1. The maximum Gasteiger partial charge on any atom is 0.409 e. The van der Waals surface area contributed by atoms with Crippen LogP contribution in [-0.4, -0.2) is 53.8 Å². The van der Waals surface area contributed by atoms with Crippen molar-refractivity contribution in [3.8, 4) is 0 Å². The van der Waals surface area contributed by atoms with Gasteiger partial charge in [0.05, 0.1) is 12.2 Å². The van der Waals surface area contributed by atoms with Gasteiger partial charge in [-0.2, -0.15) is 0 Å². The topological polar surface area (TPSA) is 53.0 Å². The predicted octanol–water partition coefficient (Wildman–Crippen LogP) is 4.41. The molecular formula is C26H34N2O3. The van der Waals surface area contributed by atoms with Crippen molar-refractivity contribution in [3.05, 3.63) is 71.8 Å². The molecule has 2 aromatic carbocycles. The van der Waals surface area contributed by atoms with Gasteiger partial charge in [-0.1, -0.05) is 60.7 Å². The van der Waals surface area contributed by atoms with Crippen LogP contribution < -0.4 is 0 Å². The third-order valence-corrected chi connectivity index (χ3v) is 6.87. The first kappa shape index (κ1) is 21.8. The van der Waals surface area contributed by atoms with E-state index in [0.717, 1.165) is 44.5 Å². The fourth-order valence-corrected chi connectivity index (χ4v) is 4.78. The number of nitrogens with zero attached hydrogens (tertiary/aromatic N) is 2. The molecule has 166 valence electrons. The fraction of sp³-hybridized carbons (Fsp3) is 0.500. The van der Waals surface area contributed by atoms with E-state index in [-0.39, 0.29) is 6.09 Å². The number of ether oxygens (including phenoxy) is 1. The summed E-state index contributed by atoms with van der Waals surface area (Å²) in [5, 5.41) is 10.9. The van der Waals surface area contributed by atoms with E-state index in [4.69, 9.17) is 4.74 Å². The molecule has 0 atom stereocenters. The summed E-state index contributed by atoms with van der Waals surface area (Å²) in [5.74, 6) is 0.629. The van der Waals surface area contributed by atoms with E-state index in [1.54, 1.807) is 4.90 Å². The van der Waals surface area contributed by atoms with E-state index in [0.29, 0.717) is 38.5 Å². The van der Waals surface area contributed by atoms with Crippen LogP contribution in [0.4, 0.5) is 4.79 Å². The lowest BCUT2D eigenvalue weighted by Gasteiger charge is -2.38. The van der Waals surface area contributed by atoms with Gasteiger partial charge in [0.1, 0.15) is 0 Å². The minimum Gasteiger partial charge on any atom is -0.449 e. The van der Waals surface area contributed by atoms with E-state index in [1.807, 2.05) is 30.3 Å². The largest absolute Gasteiger partial charge is 0.449 e. The first-order valence-corrected chi connectivity index (χ1v) is 11.6. The Morgan fingerprint density at radius 1 is 0.935 bits per heavy atom. The minimum absolute atomic E-state index is 0.239. The summed E-state index contributed by atoms with van der Waals surface area (Å²) in [6.07, 6.45) is 4.12. The molecule has 2 aliphatic heterocycles. The number of rotatable bonds is 6. The van der Waals surface area contributed by atoms with E-state index in [2.05, 4.69) is 35.2 Å². The van der Waals surface area contributed by atoms with Crippen molar-refractivity contribution >= 4 is 6.09 Å². The lowest BCUT2D eigenvalue weighted by atomic mass is 9.84. The number of benzene rings is 2. The highest BCUT2D eigenvalue weighted by atomic mass is 16.6. The number of hydrogen-bond acceptors (Lipinski definition) is 4. The zero-order chi connectivity index (χ0) is 21.5. The highest BCUT2D eigenvalue weighted by Crippen LogP contribution is 2.32. The van der Waals surface area contributed by atoms with Gasteiger partial charge in [-0.3, -0.25) is 4.90 Å². The number of hydrogen-bond donors (Lipinski definition) is 1. The van der Waals surface area contributed by atoms with Crippen molar-refractivity contribution in [1.82, 2.24) is 9.80 Å². The molecule has 5 nitrogen and oxygen atoms in total. The van der Waals surface area contributed by atoms with Crippen molar-refractivity contribution in [3.63, 3.8) is 0 Å². The summed E-state index contributed by atoms with van der Waals surface area (Å²) < 4.78 is 5.57. The van der Waals surface area contributed by atoms with Gasteiger partial charge in [-0.25, -0.2) is 4.79 Å². The van der Waals surface area contributed by atoms with Crippen LogP contribution in [-0.2, 0) is 16.9 Å². The summed E-state index contributed by atoms with van der Waals surface area (Å²) in [5.41, 5.74) is 1.46.